The molecular weight excluding hydrogens is 252 g/mol. The third kappa shape index (κ3) is 2.89. The van der Waals surface area contributed by atoms with Crippen molar-refractivity contribution in [1.82, 2.24) is 4.72 Å². The summed E-state index contributed by atoms with van der Waals surface area (Å²) in [6, 6.07) is 7.61. The molecular formula is C12H18N2O3S. The van der Waals surface area contributed by atoms with Gasteiger partial charge in [0.1, 0.15) is 0 Å². The zero-order valence-corrected chi connectivity index (χ0v) is 10.9. The van der Waals surface area contributed by atoms with Gasteiger partial charge in [0.05, 0.1) is 12.4 Å². The molecule has 6 heteroatoms. The molecule has 0 fully saturated rings. The number of benzene rings is 1. The Kier molecular flexibility index (Phi) is 4.01. The van der Waals surface area contributed by atoms with Gasteiger partial charge in [0.2, 0.25) is 10.0 Å². The zero-order chi connectivity index (χ0) is 13.2. The lowest BCUT2D eigenvalue weighted by molar-refractivity contribution is 0.301. The van der Waals surface area contributed by atoms with E-state index in [-0.39, 0.29) is 30.9 Å². The first-order valence-electron chi connectivity index (χ1n) is 5.95. The molecule has 1 aliphatic carbocycles. The van der Waals surface area contributed by atoms with Crippen LogP contribution in [0, 0.1) is 0 Å². The van der Waals surface area contributed by atoms with Gasteiger partial charge < -0.3 is 10.8 Å². The maximum atomic E-state index is 11.8. The van der Waals surface area contributed by atoms with Crippen molar-refractivity contribution in [3.63, 3.8) is 0 Å². The minimum Gasteiger partial charge on any atom is -0.395 e. The van der Waals surface area contributed by atoms with Crippen LogP contribution in [0.5, 0.6) is 0 Å². The molecule has 0 saturated heterocycles. The van der Waals surface area contributed by atoms with Crippen LogP contribution >= 0.6 is 0 Å². The number of aliphatic hydroxyl groups excluding tert-OH is 1. The zero-order valence-electron chi connectivity index (χ0n) is 10.0. The van der Waals surface area contributed by atoms with E-state index < -0.39 is 10.0 Å². The lowest BCUT2D eigenvalue weighted by Crippen LogP contribution is -2.36. The van der Waals surface area contributed by atoms with Gasteiger partial charge in [-0.15, -0.1) is 0 Å². The van der Waals surface area contributed by atoms with E-state index in [1.54, 1.807) is 0 Å². The molecule has 0 unspecified atom stereocenters. The number of sulfonamides is 1. The Hall–Kier alpha value is -0.950. The van der Waals surface area contributed by atoms with Crippen molar-refractivity contribution < 1.29 is 13.5 Å². The molecule has 1 aromatic rings. The van der Waals surface area contributed by atoms with Crippen LogP contribution in [0.1, 0.15) is 17.0 Å². The average molecular weight is 270 g/mol. The van der Waals surface area contributed by atoms with Crippen molar-refractivity contribution >= 4 is 10.0 Å². The number of hydrogen-bond donors (Lipinski definition) is 3. The fourth-order valence-corrected chi connectivity index (χ4v) is 3.84. The summed E-state index contributed by atoms with van der Waals surface area (Å²) >= 11 is 0. The van der Waals surface area contributed by atoms with Crippen molar-refractivity contribution in [2.24, 2.45) is 5.73 Å². The molecule has 5 nitrogen and oxygen atoms in total. The lowest BCUT2D eigenvalue weighted by atomic mass is 10.0. The highest BCUT2D eigenvalue weighted by Gasteiger charge is 2.32. The highest BCUT2D eigenvalue weighted by atomic mass is 32.2. The fraction of sp³-hybridized carbons (Fsp3) is 0.500. The first-order chi connectivity index (χ1) is 8.53. The summed E-state index contributed by atoms with van der Waals surface area (Å²) in [5, 5.41) is 8.65. The number of fused-ring (bicyclic) bond motifs is 1. The van der Waals surface area contributed by atoms with E-state index in [0.717, 1.165) is 17.5 Å². The van der Waals surface area contributed by atoms with Gasteiger partial charge in [-0.05, 0) is 17.5 Å². The van der Waals surface area contributed by atoms with Crippen molar-refractivity contribution in [2.75, 3.05) is 18.9 Å². The van der Waals surface area contributed by atoms with Crippen LogP contribution in [-0.2, 0) is 16.4 Å². The summed E-state index contributed by atoms with van der Waals surface area (Å²) in [7, 11) is -3.39. The molecule has 0 bridgehead atoms. The SMILES string of the molecule is N[C@@H]1Cc2ccccc2[C@H]1CS(=O)(=O)NCCO. The standard InChI is InChI=1S/C12H18N2O3S/c13-12-7-9-3-1-2-4-10(9)11(12)8-18(16,17)14-5-6-15/h1-4,11-12,14-15H,5-8,13H2/t11-,12-/m1/s1. The van der Waals surface area contributed by atoms with E-state index in [4.69, 9.17) is 10.8 Å². The molecule has 2 atom stereocenters. The van der Waals surface area contributed by atoms with Crippen LogP contribution in [0.15, 0.2) is 24.3 Å². The van der Waals surface area contributed by atoms with Gasteiger partial charge in [-0.3, -0.25) is 0 Å². The second-order valence-corrected chi connectivity index (χ2v) is 6.42. The Morgan fingerprint density at radius 3 is 2.83 bits per heavy atom. The van der Waals surface area contributed by atoms with Crippen molar-refractivity contribution in [3.8, 4) is 0 Å². The van der Waals surface area contributed by atoms with Crippen LogP contribution in [0.3, 0.4) is 0 Å². The van der Waals surface area contributed by atoms with E-state index in [1.807, 2.05) is 24.3 Å². The molecule has 1 aromatic carbocycles. The predicted octanol–water partition coefficient (Wildman–Crippen LogP) is -0.435. The van der Waals surface area contributed by atoms with Crippen LogP contribution in [0.4, 0.5) is 0 Å². The summed E-state index contributed by atoms with van der Waals surface area (Å²) in [4.78, 5) is 0. The highest BCUT2D eigenvalue weighted by Crippen LogP contribution is 2.32. The van der Waals surface area contributed by atoms with Crippen LogP contribution in [0.2, 0.25) is 0 Å². The Labute approximate surface area is 107 Å². The number of aliphatic hydroxyl groups is 1. The summed E-state index contributed by atoms with van der Waals surface area (Å²) < 4.78 is 26.0. The average Bonchev–Trinajstić information content (AvgIpc) is 2.63. The molecule has 18 heavy (non-hydrogen) atoms. The first-order valence-corrected chi connectivity index (χ1v) is 7.60. The van der Waals surface area contributed by atoms with E-state index in [1.165, 1.54) is 0 Å². The normalized spacial score (nSPS) is 23.0. The molecule has 4 N–H and O–H groups in total. The number of nitrogens with one attached hydrogen (secondary N) is 1. The molecule has 0 aromatic heterocycles. The maximum Gasteiger partial charge on any atom is 0.212 e. The largest absolute Gasteiger partial charge is 0.395 e. The third-order valence-corrected chi connectivity index (χ3v) is 4.70. The lowest BCUT2D eigenvalue weighted by Gasteiger charge is -2.17. The molecule has 0 heterocycles. The molecule has 0 radical (unpaired) electrons. The van der Waals surface area contributed by atoms with Crippen LogP contribution < -0.4 is 10.5 Å². The number of hydrogen-bond acceptors (Lipinski definition) is 4. The molecule has 0 aliphatic heterocycles. The van der Waals surface area contributed by atoms with E-state index in [2.05, 4.69) is 4.72 Å². The summed E-state index contributed by atoms with van der Waals surface area (Å²) in [6.07, 6.45) is 0.719. The van der Waals surface area contributed by atoms with Gasteiger partial charge in [-0.1, -0.05) is 24.3 Å². The van der Waals surface area contributed by atoms with E-state index in [0.29, 0.717) is 0 Å². The van der Waals surface area contributed by atoms with Gasteiger partial charge in [-0.2, -0.15) is 0 Å². The van der Waals surface area contributed by atoms with Gasteiger partial charge >= 0.3 is 0 Å². The van der Waals surface area contributed by atoms with Gasteiger partial charge in [-0.25, -0.2) is 13.1 Å². The van der Waals surface area contributed by atoms with E-state index >= 15 is 0 Å². The molecule has 1 aliphatic rings. The summed E-state index contributed by atoms with van der Waals surface area (Å²) in [5.74, 6) is -0.192. The van der Waals surface area contributed by atoms with Crippen LogP contribution in [-0.4, -0.2) is 38.5 Å². The third-order valence-electron chi connectivity index (χ3n) is 3.26. The quantitative estimate of drug-likeness (QED) is 0.676. The Morgan fingerprint density at radius 1 is 1.39 bits per heavy atom. The van der Waals surface area contributed by atoms with Gasteiger partial charge in [0.25, 0.3) is 0 Å². The van der Waals surface area contributed by atoms with Gasteiger partial charge in [0.15, 0.2) is 0 Å². The van der Waals surface area contributed by atoms with Gasteiger partial charge in [0, 0.05) is 18.5 Å². The van der Waals surface area contributed by atoms with E-state index in [9.17, 15) is 8.42 Å². The minimum atomic E-state index is -3.39. The summed E-state index contributed by atoms with van der Waals surface area (Å²) in [5.41, 5.74) is 8.18. The smallest absolute Gasteiger partial charge is 0.212 e. The Balaban J connectivity index is 2.15. The second-order valence-electron chi connectivity index (χ2n) is 4.57. The highest BCUT2D eigenvalue weighted by molar-refractivity contribution is 7.89. The number of rotatable bonds is 5. The monoisotopic (exact) mass is 270 g/mol. The molecule has 100 valence electrons. The topological polar surface area (TPSA) is 92.4 Å². The first kappa shape index (κ1) is 13.5. The molecule has 2 rings (SSSR count). The van der Waals surface area contributed by atoms with Crippen molar-refractivity contribution in [2.45, 2.75) is 18.4 Å². The minimum absolute atomic E-state index is 0.0226. The predicted molar refractivity (Wildman–Crippen MR) is 69.7 cm³/mol. The molecule has 0 spiro atoms. The molecule has 0 amide bonds. The van der Waals surface area contributed by atoms with Crippen molar-refractivity contribution in [1.29, 1.82) is 0 Å². The fourth-order valence-electron chi connectivity index (χ4n) is 2.42. The molecule has 0 saturated carbocycles. The van der Waals surface area contributed by atoms with Crippen molar-refractivity contribution in [3.05, 3.63) is 35.4 Å². The Morgan fingerprint density at radius 2 is 2.11 bits per heavy atom. The maximum absolute atomic E-state index is 11.8. The second kappa shape index (κ2) is 5.36. The Bertz CT molecular complexity index is 516. The summed E-state index contributed by atoms with van der Waals surface area (Å²) in [6.45, 7) is -0.154. The number of nitrogens with two attached hydrogens (primary N) is 1. The van der Waals surface area contributed by atoms with Crippen LogP contribution in [0.25, 0.3) is 0 Å².